The molecule has 13 aromatic rings. The van der Waals surface area contributed by atoms with Crippen molar-refractivity contribution in [1.82, 2.24) is 24.1 Å². The van der Waals surface area contributed by atoms with Crippen molar-refractivity contribution in [2.24, 2.45) is 0 Å². The maximum absolute atomic E-state index is 5.22. The van der Waals surface area contributed by atoms with Crippen LogP contribution in [0.4, 0.5) is 0 Å². The molecule has 0 fully saturated rings. The molecule has 68 heavy (non-hydrogen) atoms. The van der Waals surface area contributed by atoms with E-state index in [1.807, 2.05) is 36.4 Å². The lowest BCUT2D eigenvalue weighted by Gasteiger charge is -2.20. The maximum atomic E-state index is 5.22. The van der Waals surface area contributed by atoms with Crippen LogP contribution in [0.15, 0.2) is 249 Å². The Morgan fingerprint density at radius 3 is 1.09 bits per heavy atom. The summed E-state index contributed by atoms with van der Waals surface area (Å²) in [5, 5.41) is 4.79. The predicted molar refractivity (Wildman–Crippen MR) is 281 cm³/mol. The second-order valence-electron chi connectivity index (χ2n) is 17.2. The molecule has 0 saturated heterocycles. The molecule has 10 aromatic carbocycles. The number of nitrogens with zero attached hydrogens (tertiary/aromatic N) is 5. The Morgan fingerprint density at radius 2 is 0.588 bits per heavy atom. The Kier molecular flexibility index (Phi) is 9.43. The van der Waals surface area contributed by atoms with Crippen LogP contribution in [0, 0.1) is 0 Å². The molecule has 0 aliphatic heterocycles. The fourth-order valence-electron chi connectivity index (χ4n) is 10.0. The molecule has 0 aliphatic carbocycles. The lowest BCUT2D eigenvalue weighted by Crippen LogP contribution is -2.03. The summed E-state index contributed by atoms with van der Waals surface area (Å²) in [7, 11) is 0. The topological polar surface area (TPSA) is 48.5 Å². The van der Waals surface area contributed by atoms with E-state index in [9.17, 15) is 0 Å². The zero-order valence-corrected chi connectivity index (χ0v) is 36.9. The first-order valence-electron chi connectivity index (χ1n) is 23.0. The molecule has 3 aromatic heterocycles. The van der Waals surface area contributed by atoms with Crippen LogP contribution in [0.1, 0.15) is 0 Å². The lowest BCUT2D eigenvalue weighted by molar-refractivity contribution is 1.07. The highest BCUT2D eigenvalue weighted by molar-refractivity contribution is 6.13. The molecule has 0 amide bonds. The molecule has 0 N–H and O–H groups in total. The Morgan fingerprint density at radius 1 is 0.221 bits per heavy atom. The molecule has 0 spiro atoms. The summed E-state index contributed by atoms with van der Waals surface area (Å²) in [5.74, 6) is 1.84. The minimum atomic E-state index is 0.600. The zero-order valence-electron chi connectivity index (χ0n) is 36.9. The number of hydrogen-bond donors (Lipinski definition) is 0. The van der Waals surface area contributed by atoms with Gasteiger partial charge in [0, 0.05) is 49.4 Å². The van der Waals surface area contributed by atoms with E-state index in [2.05, 4.69) is 221 Å². The summed E-state index contributed by atoms with van der Waals surface area (Å²) in [5.41, 5.74) is 16.3. The van der Waals surface area contributed by atoms with Crippen molar-refractivity contribution in [3.63, 3.8) is 0 Å². The van der Waals surface area contributed by atoms with Gasteiger partial charge >= 0.3 is 0 Å². The van der Waals surface area contributed by atoms with E-state index < -0.39 is 0 Å². The second-order valence-corrected chi connectivity index (χ2v) is 17.2. The highest BCUT2D eigenvalue weighted by atomic mass is 15.0. The summed E-state index contributed by atoms with van der Waals surface area (Å²) in [6.07, 6.45) is 0. The van der Waals surface area contributed by atoms with Crippen molar-refractivity contribution in [3.8, 4) is 78.9 Å². The standard InChI is InChI=1S/C63H41N5/c1-5-19-42(20-6-1)46-33-36-58-52(39-46)49-27-13-16-30-55(49)67(58)56-31-17-15-29-51(56)54-41-48(63-65-61(44-23-9-3-10-24-44)64-62(66-63)45-25-11-4-12-26-45)35-38-60(54)68-57-32-18-14-28-50(57)53-40-47(34-37-59(53)68)43-21-7-2-8-22-43/h1-41H. The summed E-state index contributed by atoms with van der Waals surface area (Å²) in [6.45, 7) is 0. The molecule has 5 heteroatoms. The van der Waals surface area contributed by atoms with Crippen LogP contribution in [0.25, 0.3) is 123 Å². The smallest absolute Gasteiger partial charge is 0.164 e. The molecule has 0 bridgehead atoms. The van der Waals surface area contributed by atoms with E-state index >= 15 is 0 Å². The fourth-order valence-corrected chi connectivity index (χ4v) is 10.0. The molecule has 0 atom stereocenters. The Bertz CT molecular complexity index is 3950. The molecular weight excluding hydrogens is 827 g/mol. The Labute approximate surface area is 393 Å². The van der Waals surface area contributed by atoms with E-state index in [0.717, 1.165) is 61.3 Å². The summed E-state index contributed by atoms with van der Waals surface area (Å²) < 4.78 is 4.87. The van der Waals surface area contributed by atoms with Crippen LogP contribution in [0.5, 0.6) is 0 Å². The molecule has 0 radical (unpaired) electrons. The van der Waals surface area contributed by atoms with Gasteiger partial charge in [0.2, 0.25) is 0 Å². The average molecular weight is 868 g/mol. The Hall–Kier alpha value is -9.19. The van der Waals surface area contributed by atoms with Gasteiger partial charge in [0.15, 0.2) is 17.5 Å². The first-order valence-corrected chi connectivity index (χ1v) is 23.0. The van der Waals surface area contributed by atoms with Gasteiger partial charge < -0.3 is 9.13 Å². The SMILES string of the molecule is c1ccc(-c2ccc3c(c2)c2ccccc2n3-c2ccccc2-c2cc(-c3nc(-c4ccccc4)nc(-c4ccccc4)n3)ccc2-n2c3ccccc3c3cc(-c4ccccc4)ccc32)cc1. The van der Waals surface area contributed by atoms with Gasteiger partial charge in [-0.1, -0.05) is 188 Å². The van der Waals surface area contributed by atoms with E-state index in [-0.39, 0.29) is 0 Å². The van der Waals surface area contributed by atoms with Crippen molar-refractivity contribution in [3.05, 3.63) is 249 Å². The van der Waals surface area contributed by atoms with Crippen LogP contribution in [0.3, 0.4) is 0 Å². The zero-order chi connectivity index (χ0) is 45.0. The van der Waals surface area contributed by atoms with Crippen molar-refractivity contribution < 1.29 is 0 Å². The van der Waals surface area contributed by atoms with E-state index in [1.54, 1.807) is 0 Å². The molecule has 3 heterocycles. The van der Waals surface area contributed by atoms with Crippen LogP contribution < -0.4 is 0 Å². The molecular formula is C63H41N5. The third-order valence-electron chi connectivity index (χ3n) is 13.2. The number of para-hydroxylation sites is 3. The fraction of sp³-hybridized carbons (Fsp3) is 0. The molecule has 0 aliphatic rings. The summed E-state index contributed by atoms with van der Waals surface area (Å²) in [6, 6.07) is 88.4. The Balaban J connectivity index is 1.09. The van der Waals surface area contributed by atoms with Crippen LogP contribution in [-0.4, -0.2) is 24.1 Å². The van der Waals surface area contributed by atoms with Gasteiger partial charge in [0.05, 0.1) is 33.4 Å². The maximum Gasteiger partial charge on any atom is 0.164 e. The summed E-state index contributed by atoms with van der Waals surface area (Å²) in [4.78, 5) is 15.5. The average Bonchev–Trinajstić information content (AvgIpc) is 3.93. The molecule has 0 unspecified atom stereocenters. The molecule has 5 nitrogen and oxygen atoms in total. The third-order valence-corrected chi connectivity index (χ3v) is 13.2. The van der Waals surface area contributed by atoms with E-state index in [1.165, 1.54) is 43.8 Å². The normalized spacial score (nSPS) is 11.5. The van der Waals surface area contributed by atoms with Crippen LogP contribution >= 0.6 is 0 Å². The van der Waals surface area contributed by atoms with Gasteiger partial charge in [-0.15, -0.1) is 0 Å². The van der Waals surface area contributed by atoms with Crippen LogP contribution in [-0.2, 0) is 0 Å². The van der Waals surface area contributed by atoms with Crippen molar-refractivity contribution in [2.45, 2.75) is 0 Å². The number of fused-ring (bicyclic) bond motifs is 6. The predicted octanol–water partition coefficient (Wildman–Crippen LogP) is 16.1. The van der Waals surface area contributed by atoms with Crippen molar-refractivity contribution >= 4 is 43.6 Å². The summed E-state index contributed by atoms with van der Waals surface area (Å²) >= 11 is 0. The highest BCUT2D eigenvalue weighted by Crippen LogP contribution is 2.43. The van der Waals surface area contributed by atoms with Gasteiger partial charge in [-0.05, 0) is 82.9 Å². The number of rotatable bonds is 8. The van der Waals surface area contributed by atoms with Crippen molar-refractivity contribution in [2.75, 3.05) is 0 Å². The van der Waals surface area contributed by atoms with Gasteiger partial charge in [0.1, 0.15) is 0 Å². The third kappa shape index (κ3) is 6.68. The second kappa shape index (κ2) is 16.4. The first-order chi connectivity index (χ1) is 33.7. The molecule has 0 saturated carbocycles. The van der Waals surface area contributed by atoms with Gasteiger partial charge in [-0.3, -0.25) is 0 Å². The van der Waals surface area contributed by atoms with Gasteiger partial charge in [-0.25, -0.2) is 15.0 Å². The van der Waals surface area contributed by atoms with Crippen LogP contribution in [0.2, 0.25) is 0 Å². The minimum Gasteiger partial charge on any atom is -0.309 e. The minimum absolute atomic E-state index is 0.600. The van der Waals surface area contributed by atoms with Crippen molar-refractivity contribution in [1.29, 1.82) is 0 Å². The highest BCUT2D eigenvalue weighted by Gasteiger charge is 2.23. The van der Waals surface area contributed by atoms with E-state index in [0.29, 0.717) is 17.5 Å². The first kappa shape index (κ1) is 39.2. The number of benzene rings is 10. The van der Waals surface area contributed by atoms with Gasteiger partial charge in [0.25, 0.3) is 0 Å². The van der Waals surface area contributed by atoms with Gasteiger partial charge in [-0.2, -0.15) is 0 Å². The van der Waals surface area contributed by atoms with E-state index in [4.69, 9.17) is 15.0 Å². The molecule has 318 valence electrons. The molecule has 13 rings (SSSR count). The number of aromatic nitrogens is 5. The lowest BCUT2D eigenvalue weighted by atomic mass is 9.97. The quantitative estimate of drug-likeness (QED) is 0.153. The number of hydrogen-bond acceptors (Lipinski definition) is 3. The monoisotopic (exact) mass is 867 g/mol. The largest absolute Gasteiger partial charge is 0.309 e.